The molecule has 0 fully saturated rings. The molecule has 1 amide bonds. The van der Waals surface area contributed by atoms with E-state index in [-0.39, 0.29) is 12.5 Å². The van der Waals surface area contributed by atoms with Gasteiger partial charge in [0.2, 0.25) is 5.91 Å². The molecule has 2 heterocycles. The summed E-state index contributed by atoms with van der Waals surface area (Å²) in [7, 11) is 0. The second-order valence-corrected chi connectivity index (χ2v) is 6.84. The van der Waals surface area contributed by atoms with Crippen molar-refractivity contribution >= 4 is 49.4 Å². The van der Waals surface area contributed by atoms with Crippen molar-refractivity contribution in [1.29, 1.82) is 0 Å². The van der Waals surface area contributed by atoms with E-state index in [4.69, 9.17) is 4.42 Å². The molecule has 0 aliphatic rings. The number of fused-ring (bicyclic) bond motifs is 3. The molecule has 0 unspecified atom stereocenters. The normalized spacial score (nSPS) is 11.2. The van der Waals surface area contributed by atoms with Crippen LogP contribution < -0.4 is 10.9 Å². The third kappa shape index (κ3) is 2.90. The van der Waals surface area contributed by atoms with E-state index in [9.17, 15) is 9.59 Å². The van der Waals surface area contributed by atoms with Crippen LogP contribution in [0.2, 0.25) is 0 Å². The highest BCUT2D eigenvalue weighted by atomic mass is 79.9. The zero-order valence-corrected chi connectivity index (χ0v) is 15.4. The van der Waals surface area contributed by atoms with Gasteiger partial charge in [-0.3, -0.25) is 9.48 Å². The van der Waals surface area contributed by atoms with Crippen molar-refractivity contribution < 1.29 is 9.21 Å². The molecule has 26 heavy (non-hydrogen) atoms. The van der Waals surface area contributed by atoms with Gasteiger partial charge in [-0.15, -0.1) is 0 Å². The van der Waals surface area contributed by atoms with Gasteiger partial charge in [-0.05, 0) is 52.7 Å². The SMILES string of the molecule is Cc1ccc(NC(=O)Cn2ncc3c(=O)oc4ccccc4c32)c(Br)c1. The minimum absolute atomic E-state index is 0.0166. The highest BCUT2D eigenvalue weighted by Gasteiger charge is 2.15. The van der Waals surface area contributed by atoms with Crippen molar-refractivity contribution in [2.45, 2.75) is 13.5 Å². The first kappa shape index (κ1) is 16.5. The molecule has 7 heteroatoms. The lowest BCUT2D eigenvalue weighted by Crippen LogP contribution is -2.20. The van der Waals surface area contributed by atoms with Gasteiger partial charge in [0, 0.05) is 9.86 Å². The highest BCUT2D eigenvalue weighted by molar-refractivity contribution is 9.10. The Morgan fingerprint density at radius 1 is 1.23 bits per heavy atom. The monoisotopic (exact) mass is 411 g/mol. The van der Waals surface area contributed by atoms with E-state index in [1.54, 1.807) is 12.1 Å². The van der Waals surface area contributed by atoms with E-state index in [0.717, 1.165) is 15.4 Å². The number of para-hydroxylation sites is 1. The van der Waals surface area contributed by atoms with E-state index in [2.05, 4.69) is 26.3 Å². The molecule has 2 aromatic heterocycles. The van der Waals surface area contributed by atoms with E-state index < -0.39 is 5.63 Å². The number of aromatic nitrogens is 2. The van der Waals surface area contributed by atoms with Crippen LogP contribution in [0.25, 0.3) is 21.9 Å². The first-order valence-corrected chi connectivity index (χ1v) is 8.75. The van der Waals surface area contributed by atoms with E-state index in [1.807, 2.05) is 37.3 Å². The number of aryl methyl sites for hydroxylation is 1. The number of carbonyl (C=O) groups is 1. The highest BCUT2D eigenvalue weighted by Crippen LogP contribution is 2.24. The minimum atomic E-state index is -0.466. The van der Waals surface area contributed by atoms with Gasteiger partial charge in [0.05, 0.1) is 17.4 Å². The molecular formula is C19H14BrN3O3. The number of rotatable bonds is 3. The van der Waals surface area contributed by atoms with Crippen LogP contribution in [0.4, 0.5) is 5.69 Å². The van der Waals surface area contributed by atoms with Crippen LogP contribution in [0.3, 0.4) is 0 Å². The van der Waals surface area contributed by atoms with Gasteiger partial charge in [0.15, 0.2) is 0 Å². The fourth-order valence-corrected chi connectivity index (χ4v) is 3.48. The van der Waals surface area contributed by atoms with Gasteiger partial charge < -0.3 is 9.73 Å². The van der Waals surface area contributed by atoms with Crippen LogP contribution in [-0.2, 0) is 11.3 Å². The fraction of sp³-hybridized carbons (Fsp3) is 0.105. The first-order chi connectivity index (χ1) is 12.5. The van der Waals surface area contributed by atoms with Crippen molar-refractivity contribution in [3.63, 3.8) is 0 Å². The first-order valence-electron chi connectivity index (χ1n) is 7.96. The summed E-state index contributed by atoms with van der Waals surface area (Å²) in [6.07, 6.45) is 1.43. The number of halogens is 1. The zero-order chi connectivity index (χ0) is 18.3. The molecule has 0 spiro atoms. The number of anilines is 1. The molecule has 4 rings (SSSR count). The molecule has 0 bridgehead atoms. The average Bonchev–Trinajstić information content (AvgIpc) is 3.02. The zero-order valence-electron chi connectivity index (χ0n) is 13.8. The van der Waals surface area contributed by atoms with Gasteiger partial charge >= 0.3 is 5.63 Å². The number of benzene rings is 2. The summed E-state index contributed by atoms with van der Waals surface area (Å²) >= 11 is 3.44. The maximum atomic E-state index is 12.5. The summed E-state index contributed by atoms with van der Waals surface area (Å²) in [6, 6.07) is 12.9. The van der Waals surface area contributed by atoms with E-state index in [1.165, 1.54) is 10.9 Å². The van der Waals surface area contributed by atoms with Gasteiger partial charge in [0.1, 0.15) is 17.5 Å². The van der Waals surface area contributed by atoms with Crippen molar-refractivity contribution in [3.05, 3.63) is 69.1 Å². The quantitative estimate of drug-likeness (QED) is 0.519. The van der Waals surface area contributed by atoms with Crippen LogP contribution in [0.1, 0.15) is 5.56 Å². The number of hydrogen-bond donors (Lipinski definition) is 1. The van der Waals surface area contributed by atoms with Crippen molar-refractivity contribution in [3.8, 4) is 0 Å². The van der Waals surface area contributed by atoms with Crippen LogP contribution >= 0.6 is 15.9 Å². The van der Waals surface area contributed by atoms with Crippen LogP contribution in [0, 0.1) is 6.92 Å². The predicted molar refractivity (Wildman–Crippen MR) is 103 cm³/mol. The van der Waals surface area contributed by atoms with Crippen LogP contribution in [-0.4, -0.2) is 15.7 Å². The molecule has 0 saturated carbocycles. The topological polar surface area (TPSA) is 77.1 Å². The molecule has 0 aliphatic heterocycles. The summed E-state index contributed by atoms with van der Waals surface area (Å²) in [6.45, 7) is 1.96. The van der Waals surface area contributed by atoms with Crippen molar-refractivity contribution in [2.75, 3.05) is 5.32 Å². The Morgan fingerprint density at radius 2 is 2.04 bits per heavy atom. The number of nitrogens with one attached hydrogen (secondary N) is 1. The Labute approximate surface area is 156 Å². The second kappa shape index (κ2) is 6.42. The van der Waals surface area contributed by atoms with E-state index >= 15 is 0 Å². The number of nitrogens with zero attached hydrogens (tertiary/aromatic N) is 2. The van der Waals surface area contributed by atoms with Gasteiger partial charge in [0.25, 0.3) is 0 Å². The Bertz CT molecular complexity index is 1210. The largest absolute Gasteiger partial charge is 0.422 e. The molecule has 0 radical (unpaired) electrons. The Morgan fingerprint density at radius 3 is 2.85 bits per heavy atom. The number of carbonyl (C=O) groups excluding carboxylic acids is 1. The predicted octanol–water partition coefficient (Wildman–Crippen LogP) is 3.85. The Hall–Kier alpha value is -2.93. The Kier molecular flexibility index (Phi) is 4.08. The second-order valence-electron chi connectivity index (χ2n) is 5.98. The molecule has 0 atom stereocenters. The van der Waals surface area contributed by atoms with Gasteiger partial charge in [-0.2, -0.15) is 5.10 Å². The lowest BCUT2D eigenvalue weighted by Gasteiger charge is -2.09. The summed E-state index contributed by atoms with van der Waals surface area (Å²) in [5, 5.41) is 8.16. The maximum absolute atomic E-state index is 12.5. The smallest absolute Gasteiger partial charge is 0.347 e. The molecule has 4 aromatic rings. The Balaban J connectivity index is 1.71. The third-order valence-corrected chi connectivity index (χ3v) is 4.75. The van der Waals surface area contributed by atoms with Gasteiger partial charge in [-0.1, -0.05) is 18.2 Å². The number of hydrogen-bond acceptors (Lipinski definition) is 4. The lowest BCUT2D eigenvalue weighted by molar-refractivity contribution is -0.116. The number of amides is 1. The van der Waals surface area contributed by atoms with Crippen molar-refractivity contribution in [2.24, 2.45) is 0 Å². The summed E-state index contributed by atoms with van der Waals surface area (Å²) in [5.41, 5.74) is 2.36. The molecule has 2 aromatic carbocycles. The van der Waals surface area contributed by atoms with Crippen LogP contribution in [0.5, 0.6) is 0 Å². The lowest BCUT2D eigenvalue weighted by atomic mass is 10.2. The van der Waals surface area contributed by atoms with Crippen LogP contribution in [0.15, 0.2) is 62.3 Å². The fourth-order valence-electron chi connectivity index (χ4n) is 2.89. The minimum Gasteiger partial charge on any atom is -0.422 e. The van der Waals surface area contributed by atoms with Gasteiger partial charge in [-0.25, -0.2) is 4.79 Å². The molecular weight excluding hydrogens is 398 g/mol. The molecule has 0 saturated heterocycles. The third-order valence-electron chi connectivity index (χ3n) is 4.10. The standard InChI is InChI=1S/C19H14BrN3O3/c1-11-6-7-15(14(20)8-11)22-17(24)10-23-18-12-4-2-3-5-16(12)26-19(25)13(18)9-21-23/h2-9H,10H2,1H3,(H,22,24). The molecule has 130 valence electrons. The molecule has 6 nitrogen and oxygen atoms in total. The molecule has 0 aliphatic carbocycles. The summed E-state index contributed by atoms with van der Waals surface area (Å²) < 4.78 is 7.63. The van der Waals surface area contributed by atoms with E-state index in [0.29, 0.717) is 22.2 Å². The van der Waals surface area contributed by atoms with Crippen molar-refractivity contribution in [1.82, 2.24) is 9.78 Å². The maximum Gasteiger partial charge on any atom is 0.347 e. The summed E-state index contributed by atoms with van der Waals surface area (Å²) in [4.78, 5) is 24.6. The average molecular weight is 412 g/mol. The summed E-state index contributed by atoms with van der Waals surface area (Å²) in [5.74, 6) is -0.239. The molecule has 1 N–H and O–H groups in total.